The van der Waals surface area contributed by atoms with Gasteiger partial charge in [0.05, 0.1) is 25.9 Å². The van der Waals surface area contributed by atoms with E-state index in [4.69, 9.17) is 19.3 Å². The Morgan fingerprint density at radius 2 is 1.00 bits per heavy atom. The van der Waals surface area contributed by atoms with E-state index in [-0.39, 0.29) is 49.0 Å². The molecule has 7 heteroatoms. The van der Waals surface area contributed by atoms with Crippen molar-refractivity contribution in [3.63, 3.8) is 0 Å². The number of ether oxygens (including phenoxy) is 2. The molecule has 0 amide bonds. The number of unbranched alkanes of at least 4 members (excludes halogenated alkanes) is 15. The Labute approximate surface area is 215 Å². The highest BCUT2D eigenvalue weighted by atomic mass is 31.2. The van der Waals surface area contributed by atoms with Crippen molar-refractivity contribution in [2.24, 2.45) is 0 Å². The summed E-state index contributed by atoms with van der Waals surface area (Å²) in [6, 6.07) is 0. The Morgan fingerprint density at radius 3 is 1.38 bits per heavy atom. The first kappa shape index (κ1) is 44.1. The molecule has 0 aliphatic heterocycles. The van der Waals surface area contributed by atoms with Gasteiger partial charge in [0.1, 0.15) is 0 Å². The van der Waals surface area contributed by atoms with Crippen molar-refractivity contribution in [1.82, 2.24) is 0 Å². The summed E-state index contributed by atoms with van der Waals surface area (Å²) < 4.78 is 25.8. The molecule has 0 rings (SSSR count). The molecule has 0 aromatic rings. The molecule has 0 aliphatic rings. The summed E-state index contributed by atoms with van der Waals surface area (Å²) in [5.74, 6) is 0. The van der Waals surface area contributed by atoms with Gasteiger partial charge < -0.3 is 19.3 Å². The van der Waals surface area contributed by atoms with Gasteiger partial charge in [-0.1, -0.05) is 133 Å². The lowest BCUT2D eigenvalue weighted by Gasteiger charge is -2.13. The zero-order valence-corrected chi connectivity index (χ0v) is 20.6. The van der Waals surface area contributed by atoms with Crippen molar-refractivity contribution >= 4 is 7.82 Å². The number of phosphoric acid groups is 1. The van der Waals surface area contributed by atoms with Gasteiger partial charge in [0.25, 0.3) is 0 Å². The second-order valence-electron chi connectivity index (χ2n) is 8.38. The summed E-state index contributed by atoms with van der Waals surface area (Å²) in [7, 11) is -4.39. The van der Waals surface area contributed by atoms with Crippen molar-refractivity contribution in [1.29, 1.82) is 0 Å². The molecule has 34 heavy (non-hydrogen) atoms. The third-order valence-corrected chi connectivity index (χ3v) is 5.76. The zero-order valence-electron chi connectivity index (χ0n) is 19.7. The summed E-state index contributed by atoms with van der Waals surface area (Å²) in [6.45, 7) is 5.39. The van der Waals surface area contributed by atoms with E-state index < -0.39 is 7.82 Å². The van der Waals surface area contributed by atoms with Gasteiger partial charge in [-0.05, 0) is 13.3 Å². The molecule has 0 aliphatic carbocycles. The molecule has 6 nitrogen and oxygen atoms in total. The molecule has 0 saturated heterocycles. The predicted octanol–water partition coefficient (Wildman–Crippen LogP) is 9.32. The maximum atomic E-state index is 10.5. The van der Waals surface area contributed by atoms with Crippen molar-refractivity contribution in [2.75, 3.05) is 26.4 Å². The second kappa shape index (κ2) is 33.0. The van der Waals surface area contributed by atoms with Gasteiger partial charge in [-0.2, -0.15) is 0 Å². The average Bonchev–Trinajstić information content (AvgIpc) is 2.69. The molecular weight excluding hydrogens is 451 g/mol. The SMILES string of the molecule is C.C.C.C.CCCCCCCCCCCCCCCCCCOC(C)COCCOP(=O)(O)O. The fraction of sp³-hybridized carbons (Fsp3) is 1.00. The molecule has 0 aromatic heterocycles. The molecular formula is C27H65O6P. The third kappa shape index (κ3) is 39.3. The van der Waals surface area contributed by atoms with Crippen LogP contribution in [0.15, 0.2) is 0 Å². The molecule has 0 heterocycles. The van der Waals surface area contributed by atoms with Crippen LogP contribution < -0.4 is 0 Å². The Hall–Kier alpha value is 0.0300. The van der Waals surface area contributed by atoms with Gasteiger partial charge in [0.2, 0.25) is 0 Å². The van der Waals surface area contributed by atoms with E-state index >= 15 is 0 Å². The lowest BCUT2D eigenvalue weighted by molar-refractivity contribution is -0.0155. The number of hydrogen-bond acceptors (Lipinski definition) is 4. The first-order chi connectivity index (χ1) is 14.5. The Bertz CT molecular complexity index is 389. The molecule has 1 unspecified atom stereocenters. The first-order valence-corrected chi connectivity index (χ1v) is 13.9. The first-order valence-electron chi connectivity index (χ1n) is 12.3. The minimum absolute atomic E-state index is 0. The van der Waals surface area contributed by atoms with Crippen LogP contribution in [0.25, 0.3) is 0 Å². The van der Waals surface area contributed by atoms with E-state index in [2.05, 4.69) is 11.4 Å². The predicted molar refractivity (Wildman–Crippen MR) is 151 cm³/mol. The minimum atomic E-state index is -4.39. The normalized spacial score (nSPS) is 11.5. The van der Waals surface area contributed by atoms with Gasteiger partial charge >= 0.3 is 7.82 Å². The van der Waals surface area contributed by atoms with Gasteiger partial charge in [0, 0.05) is 6.61 Å². The van der Waals surface area contributed by atoms with Gasteiger partial charge in [-0.3, -0.25) is 4.52 Å². The van der Waals surface area contributed by atoms with Crippen LogP contribution in [-0.2, 0) is 18.6 Å². The quantitative estimate of drug-likeness (QED) is 0.0981. The van der Waals surface area contributed by atoms with Crippen LogP contribution >= 0.6 is 7.82 Å². The smallest absolute Gasteiger partial charge is 0.376 e. The van der Waals surface area contributed by atoms with Crippen molar-refractivity contribution < 1.29 is 28.3 Å². The van der Waals surface area contributed by atoms with Crippen LogP contribution in [0.5, 0.6) is 0 Å². The third-order valence-electron chi connectivity index (χ3n) is 5.24. The number of phosphoric ester groups is 1. The standard InChI is InChI=1S/C23H49O6P.4CH4/c1-3-4-5-6-7-8-9-10-11-12-13-14-15-16-17-18-19-28-23(2)22-27-20-21-29-30(24,25)26;;;;/h23H,3-22H2,1-2H3,(H2,24,25,26);4*1H4. The lowest BCUT2D eigenvalue weighted by atomic mass is 10.0. The molecule has 0 spiro atoms. The van der Waals surface area contributed by atoms with E-state index in [1.54, 1.807) is 0 Å². The summed E-state index contributed by atoms with van der Waals surface area (Å²) >= 11 is 0. The van der Waals surface area contributed by atoms with Crippen LogP contribution in [0.4, 0.5) is 0 Å². The fourth-order valence-corrected chi connectivity index (χ4v) is 3.76. The Kier molecular flexibility index (Phi) is 42.8. The average molecular weight is 517 g/mol. The maximum absolute atomic E-state index is 10.5. The van der Waals surface area contributed by atoms with E-state index in [1.165, 1.54) is 96.3 Å². The maximum Gasteiger partial charge on any atom is 0.469 e. The van der Waals surface area contributed by atoms with Crippen LogP contribution in [0, 0.1) is 0 Å². The van der Waals surface area contributed by atoms with Crippen LogP contribution in [-0.4, -0.2) is 42.3 Å². The molecule has 0 saturated carbocycles. The molecule has 0 aromatic carbocycles. The molecule has 0 radical (unpaired) electrons. The molecule has 1 atom stereocenters. The van der Waals surface area contributed by atoms with Crippen LogP contribution in [0.2, 0.25) is 0 Å². The number of hydrogen-bond donors (Lipinski definition) is 2. The van der Waals surface area contributed by atoms with Crippen molar-refractivity contribution in [3.05, 3.63) is 0 Å². The summed E-state index contributed by atoms with van der Waals surface area (Å²) in [4.78, 5) is 17.1. The second-order valence-corrected chi connectivity index (χ2v) is 9.62. The van der Waals surface area contributed by atoms with E-state index in [1.807, 2.05) is 6.92 Å². The minimum Gasteiger partial charge on any atom is -0.376 e. The summed E-state index contributed by atoms with van der Waals surface area (Å²) in [5.41, 5.74) is 0. The van der Waals surface area contributed by atoms with E-state index in [0.717, 1.165) is 13.0 Å². The van der Waals surface area contributed by atoms with E-state index in [9.17, 15) is 4.57 Å². The molecule has 214 valence electrons. The highest BCUT2D eigenvalue weighted by Gasteiger charge is 2.12. The van der Waals surface area contributed by atoms with Crippen molar-refractivity contribution in [3.8, 4) is 0 Å². The van der Waals surface area contributed by atoms with Gasteiger partial charge in [0.15, 0.2) is 0 Å². The van der Waals surface area contributed by atoms with E-state index in [0.29, 0.717) is 6.61 Å². The highest BCUT2D eigenvalue weighted by molar-refractivity contribution is 7.46. The van der Waals surface area contributed by atoms with Gasteiger partial charge in [-0.15, -0.1) is 0 Å². The molecule has 0 fully saturated rings. The fourth-order valence-electron chi connectivity index (χ4n) is 3.45. The number of rotatable bonds is 24. The lowest BCUT2D eigenvalue weighted by Crippen LogP contribution is -2.18. The highest BCUT2D eigenvalue weighted by Crippen LogP contribution is 2.35. The summed E-state index contributed by atoms with van der Waals surface area (Å²) in [6.07, 6.45) is 21.7. The molecule has 2 N–H and O–H groups in total. The summed E-state index contributed by atoms with van der Waals surface area (Å²) in [5, 5.41) is 0. The Balaban J connectivity index is -0.000000701. The van der Waals surface area contributed by atoms with Crippen LogP contribution in [0.3, 0.4) is 0 Å². The zero-order chi connectivity index (χ0) is 22.3. The molecule has 0 bridgehead atoms. The largest absolute Gasteiger partial charge is 0.469 e. The van der Waals surface area contributed by atoms with Crippen LogP contribution in [0.1, 0.15) is 146 Å². The van der Waals surface area contributed by atoms with Crippen molar-refractivity contribution in [2.45, 2.75) is 152 Å². The van der Waals surface area contributed by atoms with Gasteiger partial charge in [-0.25, -0.2) is 4.57 Å². The Morgan fingerprint density at radius 1 is 0.618 bits per heavy atom. The topological polar surface area (TPSA) is 85.2 Å². The monoisotopic (exact) mass is 516 g/mol.